The Balaban J connectivity index is 1.95. The molecule has 1 N–H and O–H groups in total. The largest absolute Gasteiger partial charge is 0.378 e. The molecule has 3 unspecified atom stereocenters. The number of carbonyl (C=O) groups excluding carboxylic acids is 1. The Labute approximate surface area is 103 Å². The van der Waals surface area contributed by atoms with Crippen LogP contribution < -0.4 is 5.32 Å². The molecular weight excluding hydrogens is 218 g/mol. The van der Waals surface area contributed by atoms with Gasteiger partial charge in [0.05, 0.1) is 13.2 Å². The molecule has 5 heteroatoms. The molecule has 3 atom stereocenters. The van der Waals surface area contributed by atoms with Crippen LogP contribution in [-0.4, -0.2) is 73.7 Å². The van der Waals surface area contributed by atoms with Gasteiger partial charge in [0.1, 0.15) is 6.04 Å². The van der Waals surface area contributed by atoms with Gasteiger partial charge in [-0.15, -0.1) is 0 Å². The van der Waals surface area contributed by atoms with Crippen molar-refractivity contribution in [2.75, 3.05) is 39.9 Å². The lowest BCUT2D eigenvalue weighted by Crippen LogP contribution is -2.61. The van der Waals surface area contributed by atoms with Gasteiger partial charge in [-0.2, -0.15) is 0 Å². The van der Waals surface area contributed by atoms with E-state index in [1.54, 1.807) is 0 Å². The van der Waals surface area contributed by atoms with Crippen molar-refractivity contribution in [2.45, 2.75) is 32.0 Å². The zero-order chi connectivity index (χ0) is 12.4. The Kier molecular flexibility index (Phi) is 4.01. The van der Waals surface area contributed by atoms with Crippen LogP contribution in [0.25, 0.3) is 0 Å². The first-order valence-electron chi connectivity index (χ1n) is 6.41. The molecule has 0 spiro atoms. The minimum absolute atomic E-state index is 0.147. The van der Waals surface area contributed by atoms with Gasteiger partial charge in [-0.25, -0.2) is 0 Å². The molecule has 98 valence electrons. The third-order valence-electron chi connectivity index (χ3n) is 3.89. The molecule has 0 radical (unpaired) electrons. The standard InChI is InChI=1S/C12H23N3O2/c1-9-6-15(7-10(2)14(9)3)12(16)11-8-17-5-4-13-11/h9-11,13H,4-8H2,1-3H3. The molecule has 5 nitrogen and oxygen atoms in total. The number of ether oxygens (including phenoxy) is 1. The molecule has 2 saturated heterocycles. The zero-order valence-electron chi connectivity index (χ0n) is 11.0. The molecule has 17 heavy (non-hydrogen) atoms. The average molecular weight is 241 g/mol. The van der Waals surface area contributed by atoms with Crippen molar-refractivity contribution in [2.24, 2.45) is 0 Å². The van der Waals surface area contributed by atoms with Crippen LogP contribution in [0.4, 0.5) is 0 Å². The molecule has 2 aliphatic rings. The van der Waals surface area contributed by atoms with E-state index >= 15 is 0 Å². The van der Waals surface area contributed by atoms with E-state index < -0.39 is 0 Å². The van der Waals surface area contributed by atoms with Crippen LogP contribution in [0.1, 0.15) is 13.8 Å². The normalized spacial score (nSPS) is 35.9. The summed E-state index contributed by atoms with van der Waals surface area (Å²) in [5, 5.41) is 3.23. The topological polar surface area (TPSA) is 44.8 Å². The lowest BCUT2D eigenvalue weighted by atomic mass is 10.1. The van der Waals surface area contributed by atoms with Crippen LogP contribution >= 0.6 is 0 Å². The summed E-state index contributed by atoms with van der Waals surface area (Å²) in [4.78, 5) is 16.6. The summed E-state index contributed by atoms with van der Waals surface area (Å²) in [5.41, 5.74) is 0. The lowest BCUT2D eigenvalue weighted by Gasteiger charge is -2.43. The fourth-order valence-electron chi connectivity index (χ4n) is 2.53. The molecular formula is C12H23N3O2. The zero-order valence-corrected chi connectivity index (χ0v) is 11.0. The summed E-state index contributed by atoms with van der Waals surface area (Å²) >= 11 is 0. The van der Waals surface area contributed by atoms with Crippen LogP contribution in [0.3, 0.4) is 0 Å². The average Bonchev–Trinajstić information content (AvgIpc) is 2.35. The summed E-state index contributed by atoms with van der Waals surface area (Å²) in [6, 6.07) is 0.700. The quantitative estimate of drug-likeness (QED) is 0.674. The monoisotopic (exact) mass is 241 g/mol. The molecule has 0 aliphatic carbocycles. The van der Waals surface area contributed by atoms with Crippen molar-refractivity contribution in [3.63, 3.8) is 0 Å². The maximum Gasteiger partial charge on any atom is 0.242 e. The number of nitrogens with one attached hydrogen (secondary N) is 1. The van der Waals surface area contributed by atoms with Gasteiger partial charge in [0.2, 0.25) is 5.91 Å². The van der Waals surface area contributed by atoms with Gasteiger partial charge in [0.15, 0.2) is 0 Å². The Hall–Kier alpha value is -0.650. The fraction of sp³-hybridized carbons (Fsp3) is 0.917. The molecule has 0 aromatic carbocycles. The summed E-state index contributed by atoms with van der Waals surface area (Å²) < 4.78 is 5.35. The Morgan fingerprint density at radius 3 is 2.47 bits per heavy atom. The summed E-state index contributed by atoms with van der Waals surface area (Å²) in [6.07, 6.45) is 0. The first-order chi connectivity index (χ1) is 8.09. The van der Waals surface area contributed by atoms with Crippen molar-refractivity contribution in [3.8, 4) is 0 Å². The maximum absolute atomic E-state index is 12.3. The highest BCUT2D eigenvalue weighted by molar-refractivity contribution is 5.82. The van der Waals surface area contributed by atoms with Gasteiger partial charge in [0, 0.05) is 31.7 Å². The molecule has 2 heterocycles. The molecule has 1 amide bonds. The molecule has 2 fully saturated rings. The summed E-state index contributed by atoms with van der Waals surface area (Å²) in [7, 11) is 2.12. The Bertz CT molecular complexity index is 267. The molecule has 0 aromatic rings. The van der Waals surface area contributed by atoms with Crippen LogP contribution in [0.2, 0.25) is 0 Å². The van der Waals surface area contributed by atoms with Gasteiger partial charge >= 0.3 is 0 Å². The lowest BCUT2D eigenvalue weighted by molar-refractivity contribution is -0.140. The van der Waals surface area contributed by atoms with Gasteiger partial charge in [-0.3, -0.25) is 9.69 Å². The minimum Gasteiger partial charge on any atom is -0.378 e. The van der Waals surface area contributed by atoms with E-state index in [2.05, 4.69) is 31.1 Å². The van der Waals surface area contributed by atoms with E-state index in [9.17, 15) is 4.79 Å². The third kappa shape index (κ3) is 2.78. The smallest absolute Gasteiger partial charge is 0.242 e. The van der Waals surface area contributed by atoms with E-state index in [1.807, 2.05) is 4.90 Å². The van der Waals surface area contributed by atoms with Crippen LogP contribution in [0.15, 0.2) is 0 Å². The van der Waals surface area contributed by atoms with E-state index in [0.717, 1.165) is 19.6 Å². The van der Waals surface area contributed by atoms with Crippen molar-refractivity contribution in [1.82, 2.24) is 15.1 Å². The first kappa shape index (κ1) is 12.8. The third-order valence-corrected chi connectivity index (χ3v) is 3.89. The number of morpholine rings is 1. The predicted octanol–water partition coefficient (Wildman–Crippen LogP) is -0.474. The number of nitrogens with zero attached hydrogens (tertiary/aromatic N) is 2. The van der Waals surface area contributed by atoms with Crippen molar-refractivity contribution >= 4 is 5.91 Å². The highest BCUT2D eigenvalue weighted by Crippen LogP contribution is 2.14. The van der Waals surface area contributed by atoms with E-state index in [-0.39, 0.29) is 11.9 Å². The number of rotatable bonds is 1. The molecule has 2 aliphatic heterocycles. The number of likely N-dealkylation sites (N-methyl/N-ethyl adjacent to an activating group) is 1. The van der Waals surface area contributed by atoms with Gasteiger partial charge in [-0.1, -0.05) is 0 Å². The van der Waals surface area contributed by atoms with E-state index in [4.69, 9.17) is 4.74 Å². The van der Waals surface area contributed by atoms with E-state index in [0.29, 0.717) is 25.3 Å². The molecule has 0 saturated carbocycles. The van der Waals surface area contributed by atoms with Crippen LogP contribution in [0, 0.1) is 0 Å². The second-order valence-electron chi connectivity index (χ2n) is 5.19. The Morgan fingerprint density at radius 1 is 1.29 bits per heavy atom. The second kappa shape index (κ2) is 5.33. The van der Waals surface area contributed by atoms with Crippen molar-refractivity contribution in [3.05, 3.63) is 0 Å². The van der Waals surface area contributed by atoms with Crippen molar-refractivity contribution < 1.29 is 9.53 Å². The number of hydrogen-bond acceptors (Lipinski definition) is 4. The molecule has 2 rings (SSSR count). The number of amides is 1. The SMILES string of the molecule is CC1CN(C(=O)C2COCCN2)CC(C)N1C. The van der Waals surface area contributed by atoms with Gasteiger partial charge in [-0.05, 0) is 20.9 Å². The van der Waals surface area contributed by atoms with Crippen LogP contribution in [-0.2, 0) is 9.53 Å². The minimum atomic E-state index is -0.147. The van der Waals surface area contributed by atoms with Gasteiger partial charge < -0.3 is 15.0 Å². The second-order valence-corrected chi connectivity index (χ2v) is 5.19. The molecule has 0 aromatic heterocycles. The highest BCUT2D eigenvalue weighted by Gasteiger charge is 2.33. The summed E-state index contributed by atoms with van der Waals surface area (Å²) in [5.74, 6) is 0.191. The molecule has 0 bridgehead atoms. The maximum atomic E-state index is 12.3. The highest BCUT2D eigenvalue weighted by atomic mass is 16.5. The fourth-order valence-corrected chi connectivity index (χ4v) is 2.53. The number of piperazine rings is 1. The number of hydrogen-bond donors (Lipinski definition) is 1. The summed E-state index contributed by atoms with van der Waals surface area (Å²) in [6.45, 7) is 7.96. The van der Waals surface area contributed by atoms with Gasteiger partial charge in [0.25, 0.3) is 0 Å². The van der Waals surface area contributed by atoms with Crippen molar-refractivity contribution in [1.29, 1.82) is 0 Å². The first-order valence-corrected chi connectivity index (χ1v) is 6.41. The predicted molar refractivity (Wildman–Crippen MR) is 65.9 cm³/mol. The van der Waals surface area contributed by atoms with E-state index in [1.165, 1.54) is 0 Å². The Morgan fingerprint density at radius 2 is 1.94 bits per heavy atom. The number of carbonyl (C=O) groups is 1. The van der Waals surface area contributed by atoms with Crippen LogP contribution in [0.5, 0.6) is 0 Å².